The molecule has 0 bridgehead atoms. The maximum Gasteiger partial charge on any atom is 0.336 e. The number of methoxy groups -OCH3 is 1. The van der Waals surface area contributed by atoms with Crippen molar-refractivity contribution in [1.29, 1.82) is 0 Å². The number of rotatable bonds is 4. The highest BCUT2D eigenvalue weighted by Gasteiger charge is 2.38. The molecule has 3 N–H and O–H groups in total. The van der Waals surface area contributed by atoms with Gasteiger partial charge in [-0.3, -0.25) is 0 Å². The molecular weight excluding hydrogens is 294 g/mol. The molecule has 0 saturated carbocycles. The number of hydrogen-bond donors (Lipinski definition) is 3. The first-order valence-corrected chi connectivity index (χ1v) is 7.05. The summed E-state index contributed by atoms with van der Waals surface area (Å²) < 4.78 is 4.75. The minimum absolute atomic E-state index is 0.0788. The number of aliphatic carboxylic acids is 1. The molecule has 0 aliphatic carbocycles. The molecular formula is C14H15NO5S. The molecule has 1 aromatic rings. The van der Waals surface area contributed by atoms with E-state index in [0.717, 1.165) is 0 Å². The molecule has 0 radical (unpaired) electrons. The van der Waals surface area contributed by atoms with E-state index < -0.39 is 24.5 Å². The van der Waals surface area contributed by atoms with E-state index in [1.54, 1.807) is 24.4 Å². The number of carbonyl (C=O) groups is 2. The van der Waals surface area contributed by atoms with Crippen LogP contribution in [0.5, 0.6) is 0 Å². The van der Waals surface area contributed by atoms with Gasteiger partial charge in [-0.05, 0) is 18.4 Å². The van der Waals surface area contributed by atoms with E-state index in [0.29, 0.717) is 10.6 Å². The second kappa shape index (κ2) is 6.11. The zero-order valence-corrected chi connectivity index (χ0v) is 12.4. The summed E-state index contributed by atoms with van der Waals surface area (Å²) in [6, 6.07) is 3.54. The summed E-state index contributed by atoms with van der Waals surface area (Å²) in [7, 11) is 1.22. The van der Waals surface area contributed by atoms with Gasteiger partial charge in [0.1, 0.15) is 0 Å². The van der Waals surface area contributed by atoms with E-state index in [2.05, 4.69) is 5.32 Å². The molecule has 1 aliphatic heterocycles. The van der Waals surface area contributed by atoms with Gasteiger partial charge in [-0.25, -0.2) is 9.59 Å². The molecule has 1 unspecified atom stereocenters. The number of esters is 1. The van der Waals surface area contributed by atoms with E-state index in [4.69, 9.17) is 4.74 Å². The highest BCUT2D eigenvalue weighted by Crippen LogP contribution is 2.40. The Kier molecular flexibility index (Phi) is 4.44. The molecule has 21 heavy (non-hydrogen) atoms. The van der Waals surface area contributed by atoms with Crippen LogP contribution in [0.1, 0.15) is 17.7 Å². The number of aliphatic hydroxyl groups is 1. The Morgan fingerprint density at radius 2 is 2.14 bits per heavy atom. The van der Waals surface area contributed by atoms with Crippen molar-refractivity contribution in [2.24, 2.45) is 0 Å². The maximum absolute atomic E-state index is 12.1. The molecule has 0 amide bonds. The predicted octanol–water partition coefficient (Wildman–Crippen LogP) is 1.21. The number of carboxylic acid groups (broad SMARTS) is 1. The quantitative estimate of drug-likeness (QED) is 0.724. The number of aliphatic hydroxyl groups excluding tert-OH is 1. The number of hydrogen-bond acceptors (Lipinski definition) is 6. The number of nitrogens with one attached hydrogen (secondary N) is 1. The van der Waals surface area contributed by atoms with Gasteiger partial charge in [0.25, 0.3) is 0 Å². The van der Waals surface area contributed by atoms with E-state index in [1.165, 1.54) is 18.4 Å². The second-order valence-corrected chi connectivity index (χ2v) is 5.44. The summed E-state index contributed by atoms with van der Waals surface area (Å²) in [4.78, 5) is 24.4. The van der Waals surface area contributed by atoms with Crippen LogP contribution in [0.25, 0.3) is 0 Å². The lowest BCUT2D eigenvalue weighted by atomic mass is 9.84. The molecule has 6 nitrogen and oxygen atoms in total. The first-order valence-electron chi connectivity index (χ1n) is 6.18. The summed E-state index contributed by atoms with van der Waals surface area (Å²) >= 11 is 1.35. The summed E-state index contributed by atoms with van der Waals surface area (Å²) in [6.07, 6.45) is 0. The normalized spacial score (nSPS) is 18.5. The smallest absolute Gasteiger partial charge is 0.336 e. The van der Waals surface area contributed by atoms with Crippen LogP contribution in [-0.2, 0) is 14.3 Å². The first-order chi connectivity index (χ1) is 10.0. The minimum Gasteiger partial charge on any atom is -0.478 e. The lowest BCUT2D eigenvalue weighted by Crippen LogP contribution is -2.33. The molecule has 0 saturated heterocycles. The summed E-state index contributed by atoms with van der Waals surface area (Å²) in [5.74, 6) is -2.52. The van der Waals surface area contributed by atoms with Crippen LogP contribution >= 0.6 is 11.3 Å². The van der Waals surface area contributed by atoms with Crippen LogP contribution in [0, 0.1) is 0 Å². The van der Waals surface area contributed by atoms with Crippen molar-refractivity contribution >= 4 is 23.3 Å². The Balaban J connectivity index is 2.67. The van der Waals surface area contributed by atoms with Crippen LogP contribution in [0.3, 0.4) is 0 Å². The van der Waals surface area contributed by atoms with Gasteiger partial charge in [0.15, 0.2) is 0 Å². The summed E-state index contributed by atoms with van der Waals surface area (Å²) in [6.45, 7) is 1.20. The van der Waals surface area contributed by atoms with Crippen molar-refractivity contribution in [2.45, 2.75) is 12.8 Å². The van der Waals surface area contributed by atoms with Gasteiger partial charge in [0.2, 0.25) is 0 Å². The monoisotopic (exact) mass is 309 g/mol. The van der Waals surface area contributed by atoms with Gasteiger partial charge in [0.05, 0.1) is 36.5 Å². The van der Waals surface area contributed by atoms with Crippen LogP contribution in [0.15, 0.2) is 40.1 Å². The third-order valence-corrected chi connectivity index (χ3v) is 4.20. The molecule has 1 aliphatic rings. The van der Waals surface area contributed by atoms with Crippen molar-refractivity contribution < 1.29 is 24.5 Å². The van der Waals surface area contributed by atoms with Crippen LogP contribution in [-0.4, -0.2) is 35.9 Å². The standard InChI is InChI=1S/C14H15NO5S/c1-7-10(13(17)18)12(9-4-3-5-21-9)11(14(19)20-2)8(6-16)15-7/h3-5,12,15-16H,6H2,1-2H3,(H,17,18). The van der Waals surface area contributed by atoms with Gasteiger partial charge in [-0.15, -0.1) is 11.3 Å². The Morgan fingerprint density at radius 1 is 1.43 bits per heavy atom. The van der Waals surface area contributed by atoms with E-state index >= 15 is 0 Å². The van der Waals surface area contributed by atoms with Crippen molar-refractivity contribution in [1.82, 2.24) is 5.32 Å². The lowest BCUT2D eigenvalue weighted by Gasteiger charge is -2.29. The average Bonchev–Trinajstić information content (AvgIpc) is 2.98. The van der Waals surface area contributed by atoms with Gasteiger partial charge in [0, 0.05) is 10.6 Å². The molecule has 1 aromatic heterocycles. The van der Waals surface area contributed by atoms with Crippen LogP contribution in [0.4, 0.5) is 0 Å². The largest absolute Gasteiger partial charge is 0.478 e. The Morgan fingerprint density at radius 3 is 2.62 bits per heavy atom. The highest BCUT2D eigenvalue weighted by molar-refractivity contribution is 7.10. The number of allylic oxidation sites excluding steroid dienone is 1. The van der Waals surface area contributed by atoms with Crippen LogP contribution in [0.2, 0.25) is 0 Å². The fourth-order valence-corrected chi connectivity index (χ4v) is 3.24. The van der Waals surface area contributed by atoms with Gasteiger partial charge in [-0.1, -0.05) is 6.07 Å². The van der Waals surface area contributed by atoms with Crippen molar-refractivity contribution in [3.05, 3.63) is 44.9 Å². The topological polar surface area (TPSA) is 95.9 Å². The third-order valence-electron chi connectivity index (χ3n) is 3.27. The zero-order chi connectivity index (χ0) is 15.6. The molecule has 2 heterocycles. The Bertz CT molecular complexity index is 630. The Labute approximate surface area is 125 Å². The molecule has 0 aromatic carbocycles. The maximum atomic E-state index is 12.1. The average molecular weight is 309 g/mol. The van der Waals surface area contributed by atoms with Gasteiger partial charge in [-0.2, -0.15) is 0 Å². The lowest BCUT2D eigenvalue weighted by molar-refractivity contribution is -0.136. The third kappa shape index (κ3) is 2.70. The Hall–Kier alpha value is -2.12. The van der Waals surface area contributed by atoms with E-state index in [1.807, 2.05) is 0 Å². The second-order valence-electron chi connectivity index (χ2n) is 4.46. The molecule has 7 heteroatoms. The first kappa shape index (κ1) is 15.3. The minimum atomic E-state index is -1.11. The van der Waals surface area contributed by atoms with Crippen molar-refractivity contribution in [2.75, 3.05) is 13.7 Å². The summed E-state index contributed by atoms with van der Waals surface area (Å²) in [5.41, 5.74) is 0.876. The fraction of sp³-hybridized carbons (Fsp3) is 0.286. The number of thiophene rings is 1. The van der Waals surface area contributed by atoms with E-state index in [9.17, 15) is 19.8 Å². The van der Waals surface area contributed by atoms with E-state index in [-0.39, 0.29) is 16.8 Å². The van der Waals surface area contributed by atoms with Crippen molar-refractivity contribution in [3.63, 3.8) is 0 Å². The molecule has 112 valence electrons. The molecule has 0 spiro atoms. The highest BCUT2D eigenvalue weighted by atomic mass is 32.1. The molecule has 2 rings (SSSR count). The number of ether oxygens (including phenoxy) is 1. The SMILES string of the molecule is COC(=O)C1=C(CO)NC(C)=C(C(=O)O)C1c1cccs1. The number of dihydropyridines is 1. The zero-order valence-electron chi connectivity index (χ0n) is 11.5. The van der Waals surface area contributed by atoms with Gasteiger partial charge >= 0.3 is 11.9 Å². The van der Waals surface area contributed by atoms with Crippen molar-refractivity contribution in [3.8, 4) is 0 Å². The predicted molar refractivity (Wildman–Crippen MR) is 76.7 cm³/mol. The molecule has 0 fully saturated rings. The summed E-state index contributed by atoms with van der Waals surface area (Å²) in [5, 5.41) is 23.5. The number of carbonyl (C=O) groups excluding carboxylic acids is 1. The van der Waals surface area contributed by atoms with Crippen LogP contribution < -0.4 is 5.32 Å². The molecule has 1 atom stereocenters. The fourth-order valence-electron chi connectivity index (χ4n) is 2.40. The number of carboxylic acids is 1. The van der Waals surface area contributed by atoms with Gasteiger partial charge < -0.3 is 20.3 Å².